The van der Waals surface area contributed by atoms with Crippen molar-refractivity contribution in [1.82, 2.24) is 0 Å². The Morgan fingerprint density at radius 1 is 0.681 bits per heavy atom. The van der Waals surface area contributed by atoms with Crippen LogP contribution in [0.1, 0.15) is 156 Å². The fourth-order valence-corrected chi connectivity index (χ4v) is 11.1. The van der Waals surface area contributed by atoms with Crippen molar-refractivity contribution in [2.45, 2.75) is 161 Å². The second-order valence-corrected chi connectivity index (χ2v) is 24.3. The topological polar surface area (TPSA) is 202 Å². The number of fused-ring (bicyclic) bond motifs is 1. The van der Waals surface area contributed by atoms with Gasteiger partial charge in [0.05, 0.1) is 32.1 Å². The van der Waals surface area contributed by atoms with Crippen LogP contribution >= 0.6 is 46.7 Å². The number of carboxylic acids is 1. The van der Waals surface area contributed by atoms with Crippen LogP contribution in [0.5, 0.6) is 11.5 Å². The Labute approximate surface area is 557 Å². The fraction of sp³-hybridized carbons (Fsp3) is 0.307. The number of aliphatic hydroxyl groups is 1. The van der Waals surface area contributed by atoms with E-state index >= 15 is 0 Å². The lowest BCUT2D eigenvalue weighted by Gasteiger charge is -2.18. The Balaban J connectivity index is 0.000000424. The van der Waals surface area contributed by atoms with Crippen LogP contribution in [0.15, 0.2) is 192 Å². The number of Topliss-reactive ketones (excluding diaryl/α,β-unsaturated/α-hetero) is 2. The maximum Gasteiger partial charge on any atom is 0.342 e. The van der Waals surface area contributed by atoms with E-state index in [9.17, 15) is 39.0 Å². The SMILES string of the molecule is C=CCCC=C(Sc1ccccc1)C(=O)Cc1c(Cl)c(C)cc(C)c1C(=O)O[C@H](C)CC=C.C=CCCC=C(Sc1ccccc1)C(C)=O.C=CC[C@H](C)O.C[C@@H]1C/C=C/CC/C=C/C(=O)Cc2c(Cl)c(O)cc(O)c2C(=O)O1.Cc1cc(C)c(C(=O)O)c(C)c1. The van der Waals surface area contributed by atoms with Crippen LogP contribution in [0.25, 0.3) is 0 Å². The highest BCUT2D eigenvalue weighted by Gasteiger charge is 2.27. The van der Waals surface area contributed by atoms with E-state index in [1.165, 1.54) is 29.6 Å². The molecule has 0 fully saturated rings. The Morgan fingerprint density at radius 2 is 1.21 bits per heavy atom. The van der Waals surface area contributed by atoms with E-state index in [1.54, 1.807) is 39.0 Å². The number of ether oxygens (including phenoxy) is 2. The Kier molecular flexibility index (Phi) is 37.6. The van der Waals surface area contributed by atoms with Crippen molar-refractivity contribution in [2.24, 2.45) is 0 Å². The molecule has 4 N–H and O–H groups in total. The average Bonchev–Trinajstić information content (AvgIpc) is 0.973. The number of aryl methyl sites for hydroxylation is 5. The molecule has 12 nitrogen and oxygen atoms in total. The highest BCUT2D eigenvalue weighted by Crippen LogP contribution is 2.38. The van der Waals surface area contributed by atoms with Gasteiger partial charge >= 0.3 is 17.9 Å². The predicted molar refractivity (Wildman–Crippen MR) is 374 cm³/mol. The van der Waals surface area contributed by atoms with E-state index in [4.69, 9.17) is 42.9 Å². The van der Waals surface area contributed by atoms with Crippen molar-refractivity contribution < 1.29 is 58.7 Å². The zero-order valence-corrected chi connectivity index (χ0v) is 57.0. The van der Waals surface area contributed by atoms with Gasteiger partial charge in [-0.25, -0.2) is 14.4 Å². The molecular weight excluding hydrogens is 1230 g/mol. The molecule has 0 saturated carbocycles. The molecule has 16 heteroatoms. The van der Waals surface area contributed by atoms with E-state index in [0.29, 0.717) is 58.7 Å². The lowest BCUT2D eigenvalue weighted by molar-refractivity contribution is -0.115. The summed E-state index contributed by atoms with van der Waals surface area (Å²) in [7, 11) is 0. The largest absolute Gasteiger partial charge is 0.507 e. The van der Waals surface area contributed by atoms with E-state index < -0.39 is 35.5 Å². The van der Waals surface area contributed by atoms with Gasteiger partial charge in [-0.15, -0.1) is 26.3 Å². The molecule has 91 heavy (non-hydrogen) atoms. The molecule has 0 amide bonds. The minimum Gasteiger partial charge on any atom is -0.507 e. The predicted octanol–water partition coefficient (Wildman–Crippen LogP) is 19.0. The van der Waals surface area contributed by atoms with Crippen molar-refractivity contribution in [2.75, 3.05) is 0 Å². The normalized spacial score (nSPS) is 14.4. The van der Waals surface area contributed by atoms with Crippen molar-refractivity contribution in [3.05, 3.63) is 247 Å². The first-order chi connectivity index (χ1) is 43.2. The third-order valence-corrected chi connectivity index (χ3v) is 16.3. The zero-order valence-electron chi connectivity index (χ0n) is 53.8. The number of unbranched alkanes of at least 4 members (excludes halogenated alkanes) is 2. The van der Waals surface area contributed by atoms with Gasteiger partial charge in [-0.05, 0) is 165 Å². The van der Waals surface area contributed by atoms with Crippen LogP contribution in [0.2, 0.25) is 10.0 Å². The molecule has 0 aliphatic carbocycles. The van der Waals surface area contributed by atoms with Crippen molar-refractivity contribution in [3.63, 3.8) is 0 Å². The molecular formula is C75H88Cl2O12S2. The van der Waals surface area contributed by atoms with Gasteiger partial charge in [0.2, 0.25) is 0 Å². The first-order valence-electron chi connectivity index (χ1n) is 29.8. The summed E-state index contributed by atoms with van der Waals surface area (Å²) in [4.78, 5) is 76.7. The number of thioether (sulfide) groups is 2. The lowest BCUT2D eigenvalue weighted by atomic mass is 9.94. The Hall–Kier alpha value is -7.72. The molecule has 1 aliphatic rings. The molecule has 5 aromatic rings. The number of hydrogen-bond acceptors (Lipinski definition) is 13. The molecule has 6 rings (SSSR count). The van der Waals surface area contributed by atoms with Crippen LogP contribution < -0.4 is 0 Å². The van der Waals surface area contributed by atoms with Crippen LogP contribution in [-0.4, -0.2) is 74.0 Å². The highest BCUT2D eigenvalue weighted by atomic mass is 35.5. The fourth-order valence-electron chi connectivity index (χ4n) is 8.81. The number of carboxylic acid groups (broad SMARTS) is 1. The smallest absolute Gasteiger partial charge is 0.342 e. The van der Waals surface area contributed by atoms with Gasteiger partial charge in [-0.2, -0.15) is 0 Å². The number of aromatic hydroxyl groups is 2. The first kappa shape index (κ1) is 79.4. The molecule has 3 atom stereocenters. The molecule has 0 unspecified atom stereocenters. The summed E-state index contributed by atoms with van der Waals surface area (Å²) in [6.45, 7) is 30.8. The van der Waals surface area contributed by atoms with Crippen LogP contribution in [0.3, 0.4) is 0 Å². The summed E-state index contributed by atoms with van der Waals surface area (Å²) in [5.41, 5.74) is 5.52. The lowest BCUT2D eigenvalue weighted by Crippen LogP contribution is -2.19. The van der Waals surface area contributed by atoms with Gasteiger partial charge in [0.15, 0.2) is 17.3 Å². The molecule has 486 valence electrons. The number of phenols is 2. The summed E-state index contributed by atoms with van der Waals surface area (Å²) < 4.78 is 10.9. The van der Waals surface area contributed by atoms with Crippen LogP contribution in [0, 0.1) is 34.6 Å². The van der Waals surface area contributed by atoms with E-state index in [1.807, 2.05) is 157 Å². The summed E-state index contributed by atoms with van der Waals surface area (Å²) in [5, 5.41) is 37.4. The number of phenolic OH excluding ortho intramolecular Hbond substituents is 2. The molecule has 1 heterocycles. The standard InChI is InChI=1S/C28H31ClO3S.C18H19ClO5.C14H16OS.C10H12O2.C5H10O/c1-6-8-10-16-25(33-22-14-11-9-12-15-22)24(30)18-23-26(19(3)17-20(4)27(23)29)28(31)32-21(5)13-7-2;1-11-7-5-3-2-4-6-8-12(20)9-13-16(18(23)24-11)14(21)10-15(22)17(13)19;1-3-4-6-11-14(12(2)15)16-13-9-7-5-8-10-13;1-6-4-7(2)9(10(11)12)8(3)5-6;1-3-4-5(2)6/h6-7,9,11-12,14-17,21H,1-2,8,10,13,18H2,3-5H3;3,5-6,8,10-11,21-22H,2,4,7,9H2,1H3;3,5,7-11H,1,4,6H2,2H3;4-5H,1-3H3,(H,11,12);3,5-6H,1,4H2,2H3/b;5-3+,8-6+;;;/t21-;11-;;;5-/m11..0/s1. The quantitative estimate of drug-likeness (QED) is 0.0178. The minimum absolute atomic E-state index is 0.0153. The Morgan fingerprint density at radius 3 is 1.71 bits per heavy atom. The van der Waals surface area contributed by atoms with E-state index in [-0.39, 0.29) is 58.5 Å². The molecule has 0 radical (unpaired) electrons. The third kappa shape index (κ3) is 29.4. The monoisotopic (exact) mass is 1310 g/mol. The van der Waals surface area contributed by atoms with Gasteiger partial charge in [0.25, 0.3) is 0 Å². The first-order valence-corrected chi connectivity index (χ1v) is 32.2. The van der Waals surface area contributed by atoms with Crippen LogP contribution in [0.4, 0.5) is 0 Å². The number of aliphatic hydroxyl groups excluding tert-OH is 1. The van der Waals surface area contributed by atoms with E-state index in [0.717, 1.165) is 74.3 Å². The number of esters is 2. The van der Waals surface area contributed by atoms with Crippen molar-refractivity contribution >= 4 is 82.0 Å². The maximum absolute atomic E-state index is 13.4. The number of carbonyl (C=O) groups excluding carboxylic acids is 5. The van der Waals surface area contributed by atoms with Crippen LogP contribution in [-0.2, 0) is 36.7 Å². The van der Waals surface area contributed by atoms with Crippen molar-refractivity contribution in [3.8, 4) is 11.5 Å². The summed E-state index contributed by atoms with van der Waals surface area (Å²) in [6, 6.07) is 26.3. The average molecular weight is 1320 g/mol. The van der Waals surface area contributed by atoms with Gasteiger partial charge in [-0.3, -0.25) is 14.4 Å². The highest BCUT2D eigenvalue weighted by molar-refractivity contribution is 8.04. The maximum atomic E-state index is 13.4. The summed E-state index contributed by atoms with van der Waals surface area (Å²) >= 11 is 15.6. The van der Waals surface area contributed by atoms with E-state index in [2.05, 4.69) is 26.3 Å². The van der Waals surface area contributed by atoms with Gasteiger partial charge in [0.1, 0.15) is 29.3 Å². The number of cyclic esters (lactones) is 1. The number of halogens is 2. The van der Waals surface area contributed by atoms with Gasteiger partial charge in [-0.1, -0.05) is 162 Å². The number of benzene rings is 5. The summed E-state index contributed by atoms with van der Waals surface area (Å²) in [5.74, 6) is -3.21. The second kappa shape index (κ2) is 43.1. The summed E-state index contributed by atoms with van der Waals surface area (Å²) in [6.07, 6.45) is 23.4. The second-order valence-electron chi connectivity index (χ2n) is 21.4. The van der Waals surface area contributed by atoms with Gasteiger partial charge in [0, 0.05) is 52.1 Å². The van der Waals surface area contributed by atoms with Crippen molar-refractivity contribution in [1.29, 1.82) is 0 Å². The number of aromatic carboxylic acids is 1. The number of allylic oxidation sites excluding steroid dienone is 9. The Bertz CT molecular complexity index is 3390. The number of carbonyl (C=O) groups is 6. The number of hydrogen-bond donors (Lipinski definition) is 4. The van der Waals surface area contributed by atoms with Gasteiger partial charge < -0.3 is 29.9 Å². The zero-order chi connectivity index (χ0) is 68.2. The molecule has 0 spiro atoms. The molecule has 0 aromatic heterocycles. The minimum atomic E-state index is -0.843. The third-order valence-electron chi connectivity index (χ3n) is 13.1. The molecule has 0 bridgehead atoms. The number of ketones is 3. The molecule has 1 aliphatic heterocycles. The molecule has 5 aromatic carbocycles. The number of rotatable bonds is 21. The molecule has 0 saturated heterocycles.